The van der Waals surface area contributed by atoms with Gasteiger partial charge in [-0.25, -0.2) is 9.97 Å². The van der Waals surface area contributed by atoms with E-state index >= 15 is 0 Å². The lowest BCUT2D eigenvalue weighted by molar-refractivity contribution is -0.134. The van der Waals surface area contributed by atoms with Gasteiger partial charge in [0.2, 0.25) is 5.95 Å². The van der Waals surface area contributed by atoms with Crippen LogP contribution in [-0.2, 0) is 4.79 Å². The molecule has 1 saturated carbocycles. The lowest BCUT2D eigenvalue weighted by Gasteiger charge is -2.08. The standard InChI is InChI=1S/C11H15N3O2/c15-10(16)7-14-11-12-5-9(6-13-11)8-3-1-2-4-8/h5-6,8H,1-4,7H2,(H,15,16)(H,12,13,14). The Morgan fingerprint density at radius 2 is 2.00 bits per heavy atom. The van der Waals surface area contributed by atoms with E-state index in [1.807, 2.05) is 0 Å². The number of carboxylic acid groups (broad SMARTS) is 1. The average Bonchev–Trinajstić information content (AvgIpc) is 2.80. The number of nitrogens with zero attached hydrogens (tertiary/aromatic N) is 2. The quantitative estimate of drug-likeness (QED) is 0.808. The third-order valence-corrected chi connectivity index (χ3v) is 2.90. The minimum atomic E-state index is -0.913. The number of carbonyl (C=O) groups is 1. The molecule has 0 radical (unpaired) electrons. The Balaban J connectivity index is 1.95. The van der Waals surface area contributed by atoms with E-state index in [2.05, 4.69) is 15.3 Å². The molecule has 0 aromatic carbocycles. The summed E-state index contributed by atoms with van der Waals surface area (Å²) in [4.78, 5) is 18.5. The van der Waals surface area contributed by atoms with Crippen LogP contribution in [0.3, 0.4) is 0 Å². The number of rotatable bonds is 4. The van der Waals surface area contributed by atoms with Crippen LogP contribution in [0, 0.1) is 0 Å². The van der Waals surface area contributed by atoms with Gasteiger partial charge in [0.1, 0.15) is 6.54 Å². The Morgan fingerprint density at radius 1 is 1.38 bits per heavy atom. The Morgan fingerprint density at radius 3 is 2.56 bits per heavy atom. The zero-order valence-corrected chi connectivity index (χ0v) is 9.02. The molecule has 0 aliphatic heterocycles. The fourth-order valence-corrected chi connectivity index (χ4v) is 2.05. The molecule has 2 rings (SSSR count). The zero-order valence-electron chi connectivity index (χ0n) is 9.02. The van der Waals surface area contributed by atoms with Crippen LogP contribution in [0.2, 0.25) is 0 Å². The molecule has 1 aliphatic carbocycles. The maximum absolute atomic E-state index is 10.3. The lowest BCUT2D eigenvalue weighted by atomic mass is 10.0. The van der Waals surface area contributed by atoms with E-state index < -0.39 is 5.97 Å². The summed E-state index contributed by atoms with van der Waals surface area (Å²) in [7, 11) is 0. The van der Waals surface area contributed by atoms with Gasteiger partial charge in [0, 0.05) is 12.4 Å². The molecule has 5 nitrogen and oxygen atoms in total. The average molecular weight is 221 g/mol. The molecule has 0 unspecified atom stereocenters. The molecule has 5 heteroatoms. The Hall–Kier alpha value is -1.65. The second-order valence-electron chi connectivity index (χ2n) is 4.07. The van der Waals surface area contributed by atoms with Gasteiger partial charge in [-0.1, -0.05) is 12.8 Å². The van der Waals surface area contributed by atoms with Crippen molar-refractivity contribution in [3.8, 4) is 0 Å². The summed E-state index contributed by atoms with van der Waals surface area (Å²) in [6.07, 6.45) is 8.59. The summed E-state index contributed by atoms with van der Waals surface area (Å²) in [6.45, 7) is -0.150. The van der Waals surface area contributed by atoms with Crippen molar-refractivity contribution >= 4 is 11.9 Å². The van der Waals surface area contributed by atoms with Crippen LogP contribution in [0.4, 0.5) is 5.95 Å². The van der Waals surface area contributed by atoms with E-state index in [1.54, 1.807) is 12.4 Å². The molecular formula is C11H15N3O2. The van der Waals surface area contributed by atoms with Crippen molar-refractivity contribution in [2.24, 2.45) is 0 Å². The first-order chi connectivity index (χ1) is 7.75. The van der Waals surface area contributed by atoms with Gasteiger partial charge in [-0.15, -0.1) is 0 Å². The zero-order chi connectivity index (χ0) is 11.4. The largest absolute Gasteiger partial charge is 0.480 e. The molecule has 0 bridgehead atoms. The molecule has 1 heterocycles. The van der Waals surface area contributed by atoms with E-state index in [0.717, 1.165) is 0 Å². The van der Waals surface area contributed by atoms with E-state index in [0.29, 0.717) is 11.9 Å². The van der Waals surface area contributed by atoms with Crippen molar-refractivity contribution < 1.29 is 9.90 Å². The summed E-state index contributed by atoms with van der Waals surface area (Å²) in [5.74, 6) is 0.0566. The molecule has 1 aromatic rings. The van der Waals surface area contributed by atoms with Crippen molar-refractivity contribution in [3.63, 3.8) is 0 Å². The van der Waals surface area contributed by atoms with Crippen molar-refractivity contribution in [2.75, 3.05) is 11.9 Å². The van der Waals surface area contributed by atoms with Crippen LogP contribution >= 0.6 is 0 Å². The van der Waals surface area contributed by atoms with Gasteiger partial charge in [-0.3, -0.25) is 4.79 Å². The van der Waals surface area contributed by atoms with Gasteiger partial charge in [0.25, 0.3) is 0 Å². The summed E-state index contributed by atoms with van der Waals surface area (Å²) in [5.41, 5.74) is 1.17. The topological polar surface area (TPSA) is 75.1 Å². The molecule has 2 N–H and O–H groups in total. The second kappa shape index (κ2) is 4.92. The number of aromatic nitrogens is 2. The van der Waals surface area contributed by atoms with Gasteiger partial charge in [0.15, 0.2) is 0 Å². The Bertz CT molecular complexity index is 358. The predicted octanol–water partition coefficient (Wildman–Crippen LogP) is 1.63. The predicted molar refractivity (Wildman–Crippen MR) is 59.4 cm³/mol. The highest BCUT2D eigenvalue weighted by molar-refractivity contribution is 5.71. The lowest BCUT2D eigenvalue weighted by Crippen LogP contribution is -2.14. The van der Waals surface area contributed by atoms with Crippen molar-refractivity contribution in [3.05, 3.63) is 18.0 Å². The first-order valence-corrected chi connectivity index (χ1v) is 5.53. The Labute approximate surface area is 93.9 Å². The summed E-state index contributed by atoms with van der Waals surface area (Å²) in [6, 6.07) is 0. The third kappa shape index (κ3) is 2.68. The molecule has 86 valence electrons. The maximum Gasteiger partial charge on any atom is 0.322 e. The molecule has 0 spiro atoms. The number of anilines is 1. The second-order valence-corrected chi connectivity index (χ2v) is 4.07. The van der Waals surface area contributed by atoms with Crippen LogP contribution in [0.25, 0.3) is 0 Å². The van der Waals surface area contributed by atoms with Crippen LogP contribution in [0.5, 0.6) is 0 Å². The highest BCUT2D eigenvalue weighted by Crippen LogP contribution is 2.33. The van der Waals surface area contributed by atoms with E-state index in [4.69, 9.17) is 5.11 Å². The number of hydrogen-bond donors (Lipinski definition) is 2. The molecule has 0 amide bonds. The molecule has 0 saturated heterocycles. The number of nitrogens with one attached hydrogen (secondary N) is 1. The van der Waals surface area contributed by atoms with Gasteiger partial charge < -0.3 is 10.4 Å². The minimum Gasteiger partial charge on any atom is -0.480 e. The number of hydrogen-bond acceptors (Lipinski definition) is 4. The molecule has 1 aliphatic rings. The van der Waals surface area contributed by atoms with Gasteiger partial charge in [-0.05, 0) is 24.3 Å². The maximum atomic E-state index is 10.3. The number of carboxylic acids is 1. The van der Waals surface area contributed by atoms with E-state index in [-0.39, 0.29) is 6.54 Å². The summed E-state index contributed by atoms with van der Waals surface area (Å²) in [5, 5.41) is 11.1. The summed E-state index contributed by atoms with van der Waals surface area (Å²) >= 11 is 0. The van der Waals surface area contributed by atoms with Crippen LogP contribution in [-0.4, -0.2) is 27.6 Å². The van der Waals surface area contributed by atoms with Crippen LogP contribution in [0.1, 0.15) is 37.2 Å². The SMILES string of the molecule is O=C(O)CNc1ncc(C2CCCC2)cn1. The molecular weight excluding hydrogens is 206 g/mol. The van der Waals surface area contributed by atoms with E-state index in [1.165, 1.54) is 31.2 Å². The monoisotopic (exact) mass is 221 g/mol. The molecule has 1 fully saturated rings. The molecule has 0 atom stereocenters. The fraction of sp³-hybridized carbons (Fsp3) is 0.545. The van der Waals surface area contributed by atoms with Crippen LogP contribution < -0.4 is 5.32 Å². The van der Waals surface area contributed by atoms with Crippen molar-refractivity contribution in [1.82, 2.24) is 9.97 Å². The first-order valence-electron chi connectivity index (χ1n) is 5.53. The van der Waals surface area contributed by atoms with Gasteiger partial charge >= 0.3 is 5.97 Å². The molecule has 16 heavy (non-hydrogen) atoms. The van der Waals surface area contributed by atoms with Gasteiger partial charge in [0.05, 0.1) is 0 Å². The van der Waals surface area contributed by atoms with Crippen molar-refractivity contribution in [1.29, 1.82) is 0 Å². The molecule has 1 aromatic heterocycles. The normalized spacial score (nSPS) is 16.2. The highest BCUT2D eigenvalue weighted by atomic mass is 16.4. The highest BCUT2D eigenvalue weighted by Gasteiger charge is 2.17. The smallest absolute Gasteiger partial charge is 0.322 e. The van der Waals surface area contributed by atoms with E-state index in [9.17, 15) is 4.79 Å². The summed E-state index contributed by atoms with van der Waals surface area (Å²) < 4.78 is 0. The minimum absolute atomic E-state index is 0.150. The van der Waals surface area contributed by atoms with Crippen molar-refractivity contribution in [2.45, 2.75) is 31.6 Å². The third-order valence-electron chi connectivity index (χ3n) is 2.90. The fourth-order valence-electron chi connectivity index (χ4n) is 2.05. The van der Waals surface area contributed by atoms with Gasteiger partial charge in [-0.2, -0.15) is 0 Å². The Kier molecular flexibility index (Phi) is 3.34. The number of aliphatic carboxylic acids is 1. The van der Waals surface area contributed by atoms with Crippen LogP contribution in [0.15, 0.2) is 12.4 Å². The first kappa shape index (κ1) is 10.9.